The van der Waals surface area contributed by atoms with E-state index in [0.29, 0.717) is 12.1 Å². The summed E-state index contributed by atoms with van der Waals surface area (Å²) >= 11 is 0. The van der Waals surface area contributed by atoms with Crippen molar-refractivity contribution in [1.29, 1.82) is 0 Å². The zero-order valence-corrected chi connectivity index (χ0v) is 10.5. The van der Waals surface area contributed by atoms with Gasteiger partial charge in [-0.2, -0.15) is 0 Å². The lowest BCUT2D eigenvalue weighted by Gasteiger charge is -2.06. The number of ether oxygens (including phenoxy) is 1. The highest BCUT2D eigenvalue weighted by atomic mass is 16.6. The Labute approximate surface area is 115 Å². The molecule has 12 heteroatoms. The average Bonchev–Trinajstić information content (AvgIpc) is 2.37. The van der Waals surface area contributed by atoms with Gasteiger partial charge in [-0.1, -0.05) is 0 Å². The van der Waals surface area contributed by atoms with E-state index < -0.39 is 43.6 Å². The Morgan fingerprint density at radius 3 is 1.90 bits per heavy atom. The fraction of sp³-hybridized carbons (Fsp3) is 0.222. The van der Waals surface area contributed by atoms with Crippen molar-refractivity contribution in [3.63, 3.8) is 0 Å². The van der Waals surface area contributed by atoms with Gasteiger partial charge in [0.1, 0.15) is 0 Å². The molecule has 0 bridgehead atoms. The summed E-state index contributed by atoms with van der Waals surface area (Å²) < 4.78 is 4.46. The van der Waals surface area contributed by atoms with Gasteiger partial charge < -0.3 is 4.74 Å². The molecule has 21 heavy (non-hydrogen) atoms. The number of amides is 1. The monoisotopic (exact) mass is 300 g/mol. The van der Waals surface area contributed by atoms with Gasteiger partial charge >= 0.3 is 17.5 Å². The molecule has 1 aromatic carbocycles. The van der Waals surface area contributed by atoms with Gasteiger partial charge in [0, 0.05) is 0 Å². The molecular formula is C9H8N4O8. The third-order valence-corrected chi connectivity index (χ3v) is 2.19. The van der Waals surface area contributed by atoms with Crippen LogP contribution in [-0.4, -0.2) is 27.5 Å². The highest BCUT2D eigenvalue weighted by Crippen LogP contribution is 2.38. The van der Waals surface area contributed by atoms with E-state index in [1.54, 1.807) is 0 Å². The van der Waals surface area contributed by atoms with Gasteiger partial charge in [-0.05, 0) is 6.92 Å². The van der Waals surface area contributed by atoms with Crippen LogP contribution in [0.1, 0.15) is 6.92 Å². The molecule has 1 aromatic rings. The van der Waals surface area contributed by atoms with Crippen LogP contribution in [0.25, 0.3) is 0 Å². The molecule has 12 nitrogen and oxygen atoms in total. The molecule has 0 aliphatic carbocycles. The molecule has 0 aliphatic rings. The fourth-order valence-electron chi connectivity index (χ4n) is 1.39. The first-order chi connectivity index (χ1) is 9.77. The molecule has 0 saturated heterocycles. The molecular weight excluding hydrogens is 292 g/mol. The average molecular weight is 300 g/mol. The molecule has 0 spiro atoms. The molecule has 0 radical (unpaired) electrons. The number of nitrogens with one attached hydrogen (secondary N) is 1. The van der Waals surface area contributed by atoms with Gasteiger partial charge in [0.15, 0.2) is 0 Å². The molecule has 1 rings (SSSR count). The largest absolute Gasteiger partial charge is 0.450 e. The van der Waals surface area contributed by atoms with E-state index in [2.05, 4.69) is 4.74 Å². The van der Waals surface area contributed by atoms with Crippen molar-refractivity contribution >= 4 is 28.8 Å². The van der Waals surface area contributed by atoms with E-state index >= 15 is 0 Å². The van der Waals surface area contributed by atoms with E-state index in [0.717, 1.165) is 0 Å². The smallest absolute Gasteiger partial charge is 0.412 e. The Balaban J connectivity index is 3.50. The minimum Gasteiger partial charge on any atom is -0.450 e. The van der Waals surface area contributed by atoms with Crippen molar-refractivity contribution in [2.45, 2.75) is 6.92 Å². The second kappa shape index (κ2) is 6.23. The summed E-state index contributed by atoms with van der Waals surface area (Å²) in [5.74, 6) is 0. The van der Waals surface area contributed by atoms with Gasteiger partial charge in [-0.25, -0.2) is 4.79 Å². The zero-order chi connectivity index (χ0) is 16.2. The topological polar surface area (TPSA) is 168 Å². The molecule has 1 amide bonds. The van der Waals surface area contributed by atoms with Gasteiger partial charge in [-0.15, -0.1) is 0 Å². The van der Waals surface area contributed by atoms with Crippen molar-refractivity contribution in [2.24, 2.45) is 0 Å². The highest BCUT2D eigenvalue weighted by molar-refractivity contribution is 5.92. The van der Waals surface area contributed by atoms with E-state index in [1.807, 2.05) is 5.32 Å². The van der Waals surface area contributed by atoms with Crippen LogP contribution in [0.2, 0.25) is 0 Å². The van der Waals surface area contributed by atoms with Gasteiger partial charge in [0.25, 0.3) is 5.69 Å². The lowest BCUT2D eigenvalue weighted by atomic mass is 10.2. The normalized spacial score (nSPS) is 9.76. The number of non-ortho nitro benzene ring substituents is 1. The summed E-state index contributed by atoms with van der Waals surface area (Å²) in [5.41, 5.74) is -3.59. The number of hydrogen-bond donors (Lipinski definition) is 1. The Morgan fingerprint density at radius 1 is 1.10 bits per heavy atom. The maximum absolute atomic E-state index is 11.3. The zero-order valence-electron chi connectivity index (χ0n) is 10.5. The summed E-state index contributed by atoms with van der Waals surface area (Å²) in [6.07, 6.45) is -1.16. The number of anilines is 1. The van der Waals surface area contributed by atoms with Crippen LogP contribution in [0, 0.1) is 30.3 Å². The Bertz CT molecular complexity index is 593. The molecule has 0 saturated carbocycles. The number of hydrogen-bond acceptors (Lipinski definition) is 8. The first-order valence-corrected chi connectivity index (χ1v) is 5.32. The highest BCUT2D eigenvalue weighted by Gasteiger charge is 2.31. The molecule has 0 aromatic heterocycles. The number of carbonyl (C=O) groups is 1. The van der Waals surface area contributed by atoms with Crippen molar-refractivity contribution in [3.05, 3.63) is 42.5 Å². The quantitative estimate of drug-likeness (QED) is 0.635. The SMILES string of the molecule is CCOC(=O)Nc1c([N+](=O)[O-])cc([N+](=O)[O-])cc1[N+](=O)[O-]. The predicted octanol–water partition coefficient (Wildman–Crippen LogP) is 1.98. The van der Waals surface area contributed by atoms with E-state index in [1.165, 1.54) is 6.92 Å². The summed E-state index contributed by atoms with van der Waals surface area (Å²) in [7, 11) is 0. The summed E-state index contributed by atoms with van der Waals surface area (Å²) in [5, 5.41) is 34.2. The molecule has 0 atom stereocenters. The van der Waals surface area contributed by atoms with Crippen LogP contribution < -0.4 is 5.32 Å². The van der Waals surface area contributed by atoms with E-state index in [9.17, 15) is 35.1 Å². The van der Waals surface area contributed by atoms with Crippen LogP contribution in [0.3, 0.4) is 0 Å². The van der Waals surface area contributed by atoms with Crippen LogP contribution in [0.4, 0.5) is 27.5 Å². The maximum atomic E-state index is 11.3. The Hall–Kier alpha value is -3.31. The molecule has 0 fully saturated rings. The molecule has 0 heterocycles. The molecule has 112 valence electrons. The number of nitro benzene ring substituents is 3. The Morgan fingerprint density at radius 2 is 1.57 bits per heavy atom. The predicted molar refractivity (Wildman–Crippen MR) is 67.0 cm³/mol. The fourth-order valence-corrected chi connectivity index (χ4v) is 1.39. The number of carbonyl (C=O) groups excluding carboxylic acids is 1. The van der Waals surface area contributed by atoms with E-state index in [-0.39, 0.29) is 6.61 Å². The summed E-state index contributed by atoms with van der Waals surface area (Å²) in [6.45, 7) is 1.39. The molecule has 0 unspecified atom stereocenters. The maximum Gasteiger partial charge on any atom is 0.412 e. The lowest BCUT2D eigenvalue weighted by Crippen LogP contribution is -2.16. The van der Waals surface area contributed by atoms with Crippen molar-refractivity contribution in [3.8, 4) is 0 Å². The van der Waals surface area contributed by atoms with Crippen molar-refractivity contribution in [2.75, 3.05) is 11.9 Å². The minimum atomic E-state index is -1.16. The Kier molecular flexibility index (Phi) is 4.67. The number of nitrogens with zero attached hydrogens (tertiary/aromatic N) is 3. The number of rotatable bonds is 5. The third-order valence-electron chi connectivity index (χ3n) is 2.19. The minimum absolute atomic E-state index is 0.0690. The molecule has 1 N–H and O–H groups in total. The van der Waals surface area contributed by atoms with E-state index in [4.69, 9.17) is 0 Å². The van der Waals surface area contributed by atoms with Crippen molar-refractivity contribution in [1.82, 2.24) is 0 Å². The standard InChI is InChI=1S/C9H8N4O8/c1-2-21-9(14)10-8-6(12(17)18)3-5(11(15)16)4-7(8)13(19)20/h3-4H,2H2,1H3,(H,10,14). The molecule has 0 aliphatic heterocycles. The third kappa shape index (κ3) is 3.59. The van der Waals surface area contributed by atoms with Crippen LogP contribution in [0.15, 0.2) is 12.1 Å². The summed E-state index contributed by atoms with van der Waals surface area (Å²) in [4.78, 5) is 40.5. The van der Waals surface area contributed by atoms with Crippen LogP contribution >= 0.6 is 0 Å². The number of nitro groups is 3. The van der Waals surface area contributed by atoms with Gasteiger partial charge in [0.05, 0.1) is 33.5 Å². The lowest BCUT2D eigenvalue weighted by molar-refractivity contribution is -0.401. The first-order valence-electron chi connectivity index (χ1n) is 5.32. The summed E-state index contributed by atoms with van der Waals surface area (Å²) in [6, 6.07) is 1.02. The van der Waals surface area contributed by atoms with Crippen LogP contribution in [0.5, 0.6) is 0 Å². The van der Waals surface area contributed by atoms with Gasteiger partial charge in [0.2, 0.25) is 5.69 Å². The second-order valence-corrected chi connectivity index (χ2v) is 3.48. The van der Waals surface area contributed by atoms with Crippen molar-refractivity contribution < 1.29 is 24.3 Å². The van der Waals surface area contributed by atoms with Crippen LogP contribution in [-0.2, 0) is 4.74 Å². The first kappa shape index (κ1) is 15.7. The number of benzene rings is 1. The second-order valence-electron chi connectivity index (χ2n) is 3.48. The van der Waals surface area contributed by atoms with Gasteiger partial charge in [-0.3, -0.25) is 35.7 Å².